The van der Waals surface area contributed by atoms with Crippen LogP contribution in [0.15, 0.2) is 28.9 Å². The molecule has 0 unspecified atom stereocenters. The molecule has 1 atom stereocenters. The van der Waals surface area contributed by atoms with Crippen molar-refractivity contribution in [3.05, 3.63) is 41.8 Å². The second-order valence-corrected chi connectivity index (χ2v) is 6.83. The Balaban J connectivity index is 1.69. The summed E-state index contributed by atoms with van der Waals surface area (Å²) in [6.07, 6.45) is 3.80. The molecule has 2 N–H and O–H groups in total. The Hall–Kier alpha value is -2.81. The second-order valence-electron chi connectivity index (χ2n) is 6.83. The lowest BCUT2D eigenvalue weighted by atomic mass is 9.75. The molecule has 2 aliphatic heterocycles. The van der Waals surface area contributed by atoms with Gasteiger partial charge in [0.05, 0.1) is 12.2 Å². The lowest BCUT2D eigenvalue weighted by Crippen LogP contribution is -2.53. The minimum Gasteiger partial charge on any atom is -0.339 e. The van der Waals surface area contributed by atoms with Crippen molar-refractivity contribution >= 4 is 11.9 Å². The van der Waals surface area contributed by atoms with Crippen LogP contribution in [0.25, 0.3) is 0 Å². The summed E-state index contributed by atoms with van der Waals surface area (Å²) in [5.41, 5.74) is -0.585. The fourth-order valence-electron chi connectivity index (χ4n) is 3.89. The molecule has 0 aromatic carbocycles. The SMILES string of the molecule is CCc1nc(CN2C(=O)N[C@](c3ccccn3)(C3CCNCC3)C2=O)no1. The molecule has 2 aromatic heterocycles. The van der Waals surface area contributed by atoms with Gasteiger partial charge in [0, 0.05) is 12.6 Å². The summed E-state index contributed by atoms with van der Waals surface area (Å²) in [6, 6.07) is 4.98. The van der Waals surface area contributed by atoms with E-state index in [0.29, 0.717) is 23.8 Å². The van der Waals surface area contributed by atoms with Crippen molar-refractivity contribution in [1.82, 2.24) is 30.7 Å². The monoisotopic (exact) mass is 370 g/mol. The van der Waals surface area contributed by atoms with E-state index in [1.807, 2.05) is 13.0 Å². The maximum absolute atomic E-state index is 13.5. The van der Waals surface area contributed by atoms with Crippen LogP contribution in [0.3, 0.4) is 0 Å². The third kappa shape index (κ3) is 2.97. The van der Waals surface area contributed by atoms with E-state index in [-0.39, 0.29) is 18.4 Å². The molecular formula is C18H22N6O3. The number of hydrogen-bond donors (Lipinski definition) is 2. The Morgan fingerprint density at radius 2 is 2.11 bits per heavy atom. The van der Waals surface area contributed by atoms with Gasteiger partial charge >= 0.3 is 6.03 Å². The number of pyridine rings is 1. The Morgan fingerprint density at radius 3 is 2.78 bits per heavy atom. The first-order chi connectivity index (χ1) is 13.1. The molecule has 9 heteroatoms. The van der Waals surface area contributed by atoms with Crippen molar-refractivity contribution in [2.45, 2.75) is 38.3 Å². The number of nitrogens with one attached hydrogen (secondary N) is 2. The second kappa shape index (κ2) is 7.07. The van der Waals surface area contributed by atoms with Crippen LogP contribution in [0.5, 0.6) is 0 Å². The van der Waals surface area contributed by atoms with E-state index in [0.717, 1.165) is 25.9 Å². The molecule has 27 heavy (non-hydrogen) atoms. The van der Waals surface area contributed by atoms with Gasteiger partial charge in [-0.25, -0.2) is 4.79 Å². The van der Waals surface area contributed by atoms with Crippen LogP contribution in [0, 0.1) is 5.92 Å². The molecule has 9 nitrogen and oxygen atoms in total. The zero-order chi connectivity index (χ0) is 18.9. The number of nitrogens with zero attached hydrogens (tertiary/aromatic N) is 4. The summed E-state index contributed by atoms with van der Waals surface area (Å²) in [4.78, 5) is 36.1. The summed E-state index contributed by atoms with van der Waals surface area (Å²) >= 11 is 0. The van der Waals surface area contributed by atoms with Crippen molar-refractivity contribution in [2.24, 2.45) is 5.92 Å². The number of hydrogen-bond acceptors (Lipinski definition) is 7. The van der Waals surface area contributed by atoms with E-state index in [9.17, 15) is 9.59 Å². The molecule has 142 valence electrons. The average molecular weight is 370 g/mol. The van der Waals surface area contributed by atoms with Crippen LogP contribution in [0.1, 0.15) is 37.2 Å². The fraction of sp³-hybridized carbons (Fsp3) is 0.500. The Morgan fingerprint density at radius 1 is 1.30 bits per heavy atom. The zero-order valence-electron chi connectivity index (χ0n) is 15.1. The summed E-state index contributed by atoms with van der Waals surface area (Å²) in [5.74, 6) is 0.455. The van der Waals surface area contributed by atoms with Crippen LogP contribution < -0.4 is 10.6 Å². The molecule has 2 aromatic rings. The lowest BCUT2D eigenvalue weighted by Gasteiger charge is -2.37. The van der Waals surface area contributed by atoms with Gasteiger partial charge in [-0.2, -0.15) is 4.98 Å². The third-order valence-electron chi connectivity index (χ3n) is 5.26. The predicted molar refractivity (Wildman–Crippen MR) is 94.3 cm³/mol. The topological polar surface area (TPSA) is 113 Å². The summed E-state index contributed by atoms with van der Waals surface area (Å²) in [7, 11) is 0. The fourth-order valence-corrected chi connectivity index (χ4v) is 3.89. The van der Waals surface area contributed by atoms with Gasteiger partial charge in [-0.3, -0.25) is 14.7 Å². The van der Waals surface area contributed by atoms with Gasteiger partial charge in [0.25, 0.3) is 5.91 Å². The van der Waals surface area contributed by atoms with Crippen molar-refractivity contribution in [3.8, 4) is 0 Å². The quantitative estimate of drug-likeness (QED) is 0.754. The molecule has 4 rings (SSSR count). The third-order valence-corrected chi connectivity index (χ3v) is 5.26. The first-order valence-electron chi connectivity index (χ1n) is 9.23. The van der Waals surface area contributed by atoms with Crippen molar-refractivity contribution in [1.29, 1.82) is 0 Å². The Labute approximate surface area is 156 Å². The first kappa shape index (κ1) is 17.6. The van der Waals surface area contributed by atoms with Crippen LogP contribution >= 0.6 is 0 Å². The van der Waals surface area contributed by atoms with Gasteiger partial charge in [0.15, 0.2) is 11.4 Å². The molecule has 0 saturated carbocycles. The number of urea groups is 1. The van der Waals surface area contributed by atoms with Crippen molar-refractivity contribution in [3.63, 3.8) is 0 Å². The van der Waals surface area contributed by atoms with Crippen LogP contribution in [0.2, 0.25) is 0 Å². The highest BCUT2D eigenvalue weighted by Crippen LogP contribution is 2.39. The molecule has 2 saturated heterocycles. The summed E-state index contributed by atoms with van der Waals surface area (Å²) < 4.78 is 5.10. The van der Waals surface area contributed by atoms with E-state index in [2.05, 4.69) is 25.8 Å². The molecule has 0 aliphatic carbocycles. The molecule has 4 heterocycles. The average Bonchev–Trinajstić information content (AvgIpc) is 3.28. The van der Waals surface area contributed by atoms with E-state index < -0.39 is 11.6 Å². The highest BCUT2D eigenvalue weighted by atomic mass is 16.5. The molecule has 0 radical (unpaired) electrons. The Kier molecular flexibility index (Phi) is 4.61. The van der Waals surface area contributed by atoms with Gasteiger partial charge < -0.3 is 15.2 Å². The van der Waals surface area contributed by atoms with Crippen molar-refractivity contribution in [2.75, 3.05) is 13.1 Å². The molecule has 0 spiro atoms. The van der Waals surface area contributed by atoms with Gasteiger partial charge in [0.2, 0.25) is 5.89 Å². The minimum atomic E-state index is -1.15. The van der Waals surface area contributed by atoms with Gasteiger partial charge in [-0.05, 0) is 44.0 Å². The number of imide groups is 1. The first-order valence-corrected chi connectivity index (χ1v) is 9.23. The number of piperidine rings is 1. The number of aryl methyl sites for hydroxylation is 1. The van der Waals surface area contributed by atoms with E-state index in [1.165, 1.54) is 4.90 Å². The predicted octanol–water partition coefficient (Wildman–Crippen LogP) is 0.974. The van der Waals surface area contributed by atoms with Gasteiger partial charge in [-0.1, -0.05) is 18.1 Å². The lowest BCUT2D eigenvalue weighted by molar-refractivity contribution is -0.134. The zero-order valence-corrected chi connectivity index (χ0v) is 15.1. The number of aromatic nitrogens is 3. The Bertz CT molecular complexity index is 833. The minimum absolute atomic E-state index is 0.0201. The number of carbonyl (C=O) groups is 2. The van der Waals surface area contributed by atoms with Crippen molar-refractivity contribution < 1.29 is 14.1 Å². The molecular weight excluding hydrogens is 348 g/mol. The standard InChI is InChI=1S/C18H22N6O3/c1-2-15-21-14(23-27-15)11-24-16(25)18(22-17(24)26,12-6-9-19-10-7-12)13-5-3-4-8-20-13/h3-5,8,12,19H,2,6-7,9-11H2,1H3,(H,22,26)/t18-/m0/s1. The molecule has 2 aliphatic rings. The normalized spacial score (nSPS) is 23.7. The van der Waals surface area contributed by atoms with E-state index in [1.54, 1.807) is 18.3 Å². The summed E-state index contributed by atoms with van der Waals surface area (Å²) in [6.45, 7) is 3.47. The van der Waals surface area contributed by atoms with Gasteiger partial charge in [-0.15, -0.1) is 0 Å². The summed E-state index contributed by atoms with van der Waals surface area (Å²) in [5, 5.41) is 10.1. The van der Waals surface area contributed by atoms with Crippen LogP contribution in [-0.2, 0) is 23.3 Å². The number of rotatable bonds is 5. The van der Waals surface area contributed by atoms with E-state index in [4.69, 9.17) is 4.52 Å². The molecule has 0 bridgehead atoms. The highest BCUT2D eigenvalue weighted by molar-refractivity contribution is 6.07. The van der Waals surface area contributed by atoms with Crippen LogP contribution in [-0.4, -0.2) is 45.1 Å². The largest absolute Gasteiger partial charge is 0.339 e. The number of amides is 3. The van der Waals surface area contributed by atoms with E-state index >= 15 is 0 Å². The smallest absolute Gasteiger partial charge is 0.325 e. The maximum Gasteiger partial charge on any atom is 0.325 e. The maximum atomic E-state index is 13.5. The number of carbonyl (C=O) groups excluding carboxylic acids is 2. The molecule has 2 fully saturated rings. The van der Waals surface area contributed by atoms with Crippen LogP contribution in [0.4, 0.5) is 4.79 Å². The highest BCUT2D eigenvalue weighted by Gasteiger charge is 2.57. The van der Waals surface area contributed by atoms with Gasteiger partial charge in [0.1, 0.15) is 0 Å². The molecule has 3 amide bonds.